The molecule has 2 saturated heterocycles. The van der Waals surface area contributed by atoms with Gasteiger partial charge in [0.05, 0.1) is 12.1 Å². The Kier molecular flexibility index (Phi) is 2.62. The quantitative estimate of drug-likeness (QED) is 0.679. The lowest BCUT2D eigenvalue weighted by Gasteiger charge is -2.33. The molecule has 0 aromatic heterocycles. The van der Waals surface area contributed by atoms with Gasteiger partial charge in [0, 0.05) is 19.1 Å². The molecule has 1 amide bonds. The molecule has 2 fully saturated rings. The van der Waals surface area contributed by atoms with Gasteiger partial charge in [-0.25, -0.2) is 4.79 Å². The van der Waals surface area contributed by atoms with Crippen molar-refractivity contribution in [2.75, 3.05) is 19.7 Å². The van der Waals surface area contributed by atoms with Crippen LogP contribution in [0.15, 0.2) is 0 Å². The Morgan fingerprint density at radius 3 is 2.81 bits per heavy atom. The van der Waals surface area contributed by atoms with E-state index in [0.29, 0.717) is 6.54 Å². The van der Waals surface area contributed by atoms with E-state index >= 15 is 0 Å². The Labute approximate surface area is 95.8 Å². The smallest absolute Gasteiger partial charge is 0.410 e. The number of aliphatic hydroxyl groups excluding tert-OH is 1. The van der Waals surface area contributed by atoms with Crippen molar-refractivity contribution in [1.29, 1.82) is 0 Å². The van der Waals surface area contributed by atoms with E-state index in [-0.39, 0.29) is 24.3 Å². The maximum absolute atomic E-state index is 11.9. The number of carbonyl (C=O) groups is 1. The molecule has 92 valence electrons. The molecule has 2 atom stereocenters. The number of likely N-dealkylation sites (tertiary alicyclic amines) is 1. The predicted octanol–water partition coefficient (Wildman–Crippen LogP) is 0.330. The third kappa shape index (κ3) is 2.01. The van der Waals surface area contributed by atoms with Crippen LogP contribution in [-0.4, -0.2) is 53.0 Å². The number of carbonyl (C=O) groups excluding carboxylic acids is 1. The zero-order valence-electron chi connectivity index (χ0n) is 10.1. The zero-order valence-corrected chi connectivity index (χ0v) is 10.1. The number of hydrogen-bond donors (Lipinski definition) is 2. The van der Waals surface area contributed by atoms with Gasteiger partial charge in [-0.2, -0.15) is 0 Å². The van der Waals surface area contributed by atoms with Gasteiger partial charge in [-0.3, -0.25) is 0 Å². The van der Waals surface area contributed by atoms with Crippen LogP contribution >= 0.6 is 0 Å². The third-order valence-corrected chi connectivity index (χ3v) is 3.18. The minimum atomic E-state index is -0.460. The molecule has 0 spiro atoms. The van der Waals surface area contributed by atoms with Crippen LogP contribution in [0.5, 0.6) is 0 Å². The first kappa shape index (κ1) is 11.7. The number of rotatable bonds is 1. The second kappa shape index (κ2) is 3.60. The maximum atomic E-state index is 11.9. The van der Waals surface area contributed by atoms with Crippen LogP contribution in [-0.2, 0) is 4.74 Å². The number of aliphatic hydroxyl groups is 1. The number of nitrogens with one attached hydrogen (secondary N) is 1. The van der Waals surface area contributed by atoms with E-state index in [0.717, 1.165) is 13.0 Å². The van der Waals surface area contributed by atoms with E-state index in [9.17, 15) is 9.90 Å². The highest BCUT2D eigenvalue weighted by Gasteiger charge is 2.51. The van der Waals surface area contributed by atoms with Crippen LogP contribution in [0.3, 0.4) is 0 Å². The van der Waals surface area contributed by atoms with E-state index < -0.39 is 5.60 Å². The molecule has 0 aromatic rings. The minimum Gasteiger partial charge on any atom is -0.444 e. The SMILES string of the molecule is CC(C)(C)OC(=O)N1CC2(CO)CC1CN2. The molecule has 0 aromatic carbocycles. The van der Waals surface area contributed by atoms with Crippen LogP contribution in [0.2, 0.25) is 0 Å². The summed E-state index contributed by atoms with van der Waals surface area (Å²) >= 11 is 0. The summed E-state index contributed by atoms with van der Waals surface area (Å²) in [5, 5.41) is 12.6. The molecule has 0 saturated carbocycles. The van der Waals surface area contributed by atoms with Gasteiger partial charge in [0.2, 0.25) is 0 Å². The summed E-state index contributed by atoms with van der Waals surface area (Å²) < 4.78 is 5.34. The lowest BCUT2D eigenvalue weighted by Crippen LogP contribution is -2.55. The second-order valence-electron chi connectivity index (χ2n) is 5.79. The fourth-order valence-corrected chi connectivity index (χ4v) is 2.43. The molecule has 5 heteroatoms. The summed E-state index contributed by atoms with van der Waals surface area (Å²) in [7, 11) is 0. The molecule has 2 bridgehead atoms. The number of fused-ring (bicyclic) bond motifs is 2. The average Bonchev–Trinajstić information content (AvgIpc) is 2.72. The normalized spacial score (nSPS) is 33.2. The Hall–Kier alpha value is -0.810. The van der Waals surface area contributed by atoms with Crippen molar-refractivity contribution in [3.05, 3.63) is 0 Å². The monoisotopic (exact) mass is 228 g/mol. The van der Waals surface area contributed by atoms with Gasteiger partial charge in [0.1, 0.15) is 5.60 Å². The van der Waals surface area contributed by atoms with Gasteiger partial charge in [0.25, 0.3) is 0 Å². The largest absolute Gasteiger partial charge is 0.444 e. The number of nitrogens with zero attached hydrogens (tertiary/aromatic N) is 1. The van der Waals surface area contributed by atoms with Crippen LogP contribution in [0.1, 0.15) is 27.2 Å². The first-order valence-electron chi connectivity index (χ1n) is 5.71. The average molecular weight is 228 g/mol. The first-order chi connectivity index (χ1) is 7.35. The van der Waals surface area contributed by atoms with Gasteiger partial charge >= 0.3 is 6.09 Å². The highest BCUT2D eigenvalue weighted by molar-refractivity contribution is 5.69. The Morgan fingerprint density at radius 2 is 2.31 bits per heavy atom. The van der Waals surface area contributed by atoms with Crippen molar-refractivity contribution in [2.45, 2.75) is 44.4 Å². The number of piperazine rings is 1. The zero-order chi connectivity index (χ0) is 12.0. The summed E-state index contributed by atoms with van der Waals surface area (Å²) in [6.45, 7) is 6.95. The van der Waals surface area contributed by atoms with Crippen LogP contribution in [0, 0.1) is 0 Å². The lowest BCUT2D eigenvalue weighted by atomic mass is 10.0. The van der Waals surface area contributed by atoms with E-state index in [1.165, 1.54) is 0 Å². The van der Waals surface area contributed by atoms with Gasteiger partial charge in [-0.15, -0.1) is 0 Å². The van der Waals surface area contributed by atoms with Crippen molar-refractivity contribution in [3.63, 3.8) is 0 Å². The van der Waals surface area contributed by atoms with Crippen LogP contribution in [0.25, 0.3) is 0 Å². The molecular formula is C11H20N2O3. The molecule has 2 rings (SSSR count). The van der Waals surface area contributed by atoms with Crippen molar-refractivity contribution < 1.29 is 14.6 Å². The Balaban J connectivity index is 2.01. The maximum Gasteiger partial charge on any atom is 0.410 e. The van der Waals surface area contributed by atoms with E-state index in [4.69, 9.17) is 4.74 Å². The second-order valence-corrected chi connectivity index (χ2v) is 5.79. The highest BCUT2D eigenvalue weighted by Crippen LogP contribution is 2.33. The molecule has 2 unspecified atom stereocenters. The molecule has 0 radical (unpaired) electrons. The number of amides is 1. The topological polar surface area (TPSA) is 61.8 Å². The Morgan fingerprint density at radius 1 is 1.62 bits per heavy atom. The molecule has 2 N–H and O–H groups in total. The van der Waals surface area contributed by atoms with Crippen molar-refractivity contribution in [1.82, 2.24) is 10.2 Å². The molecule has 0 aliphatic carbocycles. The van der Waals surface area contributed by atoms with Crippen molar-refractivity contribution in [2.24, 2.45) is 0 Å². The summed E-state index contributed by atoms with van der Waals surface area (Å²) in [5.41, 5.74) is -0.750. The molecule has 16 heavy (non-hydrogen) atoms. The van der Waals surface area contributed by atoms with E-state index in [1.807, 2.05) is 20.8 Å². The van der Waals surface area contributed by atoms with Crippen molar-refractivity contribution in [3.8, 4) is 0 Å². The summed E-state index contributed by atoms with van der Waals surface area (Å²) in [4.78, 5) is 13.6. The van der Waals surface area contributed by atoms with E-state index in [1.54, 1.807) is 4.90 Å². The lowest BCUT2D eigenvalue weighted by molar-refractivity contribution is 0.0167. The summed E-state index contributed by atoms with van der Waals surface area (Å²) in [6, 6.07) is 0.169. The number of ether oxygens (including phenoxy) is 1. The summed E-state index contributed by atoms with van der Waals surface area (Å²) in [5.74, 6) is 0. The molecule has 2 aliphatic rings. The fourth-order valence-electron chi connectivity index (χ4n) is 2.43. The van der Waals surface area contributed by atoms with Gasteiger partial charge in [-0.1, -0.05) is 0 Å². The molecule has 5 nitrogen and oxygen atoms in total. The van der Waals surface area contributed by atoms with Gasteiger partial charge < -0.3 is 20.1 Å². The van der Waals surface area contributed by atoms with Crippen molar-refractivity contribution >= 4 is 6.09 Å². The predicted molar refractivity (Wildman–Crippen MR) is 59.2 cm³/mol. The van der Waals surface area contributed by atoms with Gasteiger partial charge in [-0.05, 0) is 27.2 Å². The van der Waals surface area contributed by atoms with E-state index in [2.05, 4.69) is 5.32 Å². The van der Waals surface area contributed by atoms with Crippen LogP contribution in [0.4, 0.5) is 4.79 Å². The number of hydrogen-bond acceptors (Lipinski definition) is 4. The summed E-state index contributed by atoms with van der Waals surface area (Å²) in [6.07, 6.45) is 0.553. The standard InChI is InChI=1S/C11H20N2O3/c1-10(2,3)16-9(15)13-6-11(7-14)4-8(13)5-12-11/h8,12,14H,4-7H2,1-3H3. The third-order valence-electron chi connectivity index (χ3n) is 3.18. The highest BCUT2D eigenvalue weighted by atomic mass is 16.6. The Bertz CT molecular complexity index is 300. The molecule has 2 heterocycles. The fraction of sp³-hybridized carbons (Fsp3) is 0.909. The first-order valence-corrected chi connectivity index (χ1v) is 5.71. The molecular weight excluding hydrogens is 208 g/mol. The minimum absolute atomic E-state index is 0.0722. The van der Waals surface area contributed by atoms with Gasteiger partial charge in [0.15, 0.2) is 0 Å². The van der Waals surface area contributed by atoms with Crippen LogP contribution < -0.4 is 5.32 Å². The molecule has 2 aliphatic heterocycles.